The fourth-order valence-electron chi connectivity index (χ4n) is 6.90. The minimum absolute atomic E-state index is 0.122. The predicted molar refractivity (Wildman–Crippen MR) is 128 cm³/mol. The van der Waals surface area contributed by atoms with E-state index in [2.05, 4.69) is 66.6 Å². The molecule has 4 nitrogen and oxygen atoms in total. The van der Waals surface area contributed by atoms with Crippen molar-refractivity contribution in [3.05, 3.63) is 35.5 Å². The summed E-state index contributed by atoms with van der Waals surface area (Å²) in [5.74, 6) is 0.992. The quantitative estimate of drug-likeness (QED) is 0.664. The summed E-state index contributed by atoms with van der Waals surface area (Å²) in [5.41, 5.74) is 4.34. The van der Waals surface area contributed by atoms with E-state index in [0.29, 0.717) is 30.0 Å². The number of nitrogens with zero attached hydrogens (tertiary/aromatic N) is 3. The standard InChI is InChI=1S/C27H39N3O/c1-5-29(21-10-7-6-8-11-21)27(31)20-14-23-22-12-9-13-24-26(22)19(17-30(24)18(2)3)15-25(23)28(4)16-20/h9,12-13,17-18,20-21,23,25H,5-8,10-11,14-16H2,1-4H3/t20-,23?,25-/m1/s1. The summed E-state index contributed by atoms with van der Waals surface area (Å²) >= 11 is 0. The fourth-order valence-corrected chi connectivity index (χ4v) is 6.90. The molecule has 0 N–H and O–H groups in total. The minimum atomic E-state index is 0.122. The van der Waals surface area contributed by atoms with Crippen molar-refractivity contribution in [2.24, 2.45) is 5.92 Å². The molecule has 4 heteroatoms. The van der Waals surface area contributed by atoms with Gasteiger partial charge in [-0.2, -0.15) is 0 Å². The predicted octanol–water partition coefficient (Wildman–Crippen LogP) is 5.36. The van der Waals surface area contributed by atoms with Crippen LogP contribution < -0.4 is 0 Å². The molecule has 5 rings (SSSR count). The number of fused-ring (bicyclic) bond motifs is 2. The number of carbonyl (C=O) groups excluding carboxylic acids is 1. The Morgan fingerprint density at radius 2 is 1.97 bits per heavy atom. The van der Waals surface area contributed by atoms with Gasteiger partial charge >= 0.3 is 0 Å². The zero-order valence-corrected chi connectivity index (χ0v) is 19.8. The number of hydrogen-bond acceptors (Lipinski definition) is 2. The van der Waals surface area contributed by atoms with Crippen LogP contribution >= 0.6 is 0 Å². The molecule has 0 bridgehead atoms. The lowest BCUT2D eigenvalue weighted by Gasteiger charge is -2.46. The molecule has 2 aromatic rings. The van der Waals surface area contributed by atoms with Crippen LogP contribution in [0.5, 0.6) is 0 Å². The van der Waals surface area contributed by atoms with Crippen LogP contribution in [0, 0.1) is 5.92 Å². The van der Waals surface area contributed by atoms with Crippen molar-refractivity contribution in [1.29, 1.82) is 0 Å². The number of piperidine rings is 1. The van der Waals surface area contributed by atoms with Gasteiger partial charge in [-0.25, -0.2) is 0 Å². The largest absolute Gasteiger partial charge is 0.345 e. The molecule has 2 aliphatic carbocycles. The Morgan fingerprint density at radius 1 is 1.19 bits per heavy atom. The van der Waals surface area contributed by atoms with E-state index in [0.717, 1.165) is 25.9 Å². The smallest absolute Gasteiger partial charge is 0.227 e. The summed E-state index contributed by atoms with van der Waals surface area (Å²) in [6.45, 7) is 8.47. The highest BCUT2D eigenvalue weighted by atomic mass is 16.2. The van der Waals surface area contributed by atoms with Gasteiger partial charge in [0, 0.05) is 54.2 Å². The van der Waals surface area contributed by atoms with Crippen LogP contribution in [0.2, 0.25) is 0 Å². The molecule has 0 spiro atoms. The van der Waals surface area contributed by atoms with E-state index < -0.39 is 0 Å². The molecule has 2 fully saturated rings. The van der Waals surface area contributed by atoms with E-state index in [9.17, 15) is 4.79 Å². The molecular weight excluding hydrogens is 382 g/mol. The summed E-state index contributed by atoms with van der Waals surface area (Å²) in [4.78, 5) is 18.5. The number of likely N-dealkylation sites (N-methyl/N-ethyl adjacent to an activating group) is 1. The molecule has 3 aliphatic rings. The molecule has 3 atom stereocenters. The maximum atomic E-state index is 13.7. The molecule has 1 aromatic carbocycles. The Morgan fingerprint density at radius 3 is 2.68 bits per heavy atom. The van der Waals surface area contributed by atoms with Crippen molar-refractivity contribution in [2.45, 2.75) is 89.8 Å². The van der Waals surface area contributed by atoms with E-state index >= 15 is 0 Å². The molecule has 1 unspecified atom stereocenters. The van der Waals surface area contributed by atoms with Gasteiger partial charge in [-0.15, -0.1) is 0 Å². The van der Waals surface area contributed by atoms with Crippen LogP contribution in [0.1, 0.15) is 82.4 Å². The van der Waals surface area contributed by atoms with Crippen molar-refractivity contribution in [3.63, 3.8) is 0 Å². The highest BCUT2D eigenvalue weighted by Gasteiger charge is 2.43. The molecule has 31 heavy (non-hydrogen) atoms. The van der Waals surface area contributed by atoms with Crippen molar-refractivity contribution in [1.82, 2.24) is 14.4 Å². The van der Waals surface area contributed by atoms with Gasteiger partial charge in [0.25, 0.3) is 0 Å². The second kappa shape index (κ2) is 8.27. The number of aromatic nitrogens is 1. The summed E-state index contributed by atoms with van der Waals surface area (Å²) in [7, 11) is 2.25. The van der Waals surface area contributed by atoms with Gasteiger partial charge in [0.05, 0.1) is 5.92 Å². The maximum absolute atomic E-state index is 13.7. The van der Waals surface area contributed by atoms with Crippen LogP contribution in [0.3, 0.4) is 0 Å². The minimum Gasteiger partial charge on any atom is -0.345 e. The maximum Gasteiger partial charge on any atom is 0.227 e. The molecular formula is C27H39N3O. The summed E-state index contributed by atoms with van der Waals surface area (Å²) < 4.78 is 2.44. The van der Waals surface area contributed by atoms with Gasteiger partial charge in [0.1, 0.15) is 0 Å². The van der Waals surface area contributed by atoms with Gasteiger partial charge in [0.2, 0.25) is 5.91 Å². The molecule has 0 radical (unpaired) electrons. The average Bonchev–Trinajstić information content (AvgIpc) is 3.16. The van der Waals surface area contributed by atoms with E-state index in [1.165, 1.54) is 54.1 Å². The monoisotopic (exact) mass is 421 g/mol. The topological polar surface area (TPSA) is 28.5 Å². The molecule has 1 aromatic heterocycles. The number of hydrogen-bond donors (Lipinski definition) is 0. The van der Waals surface area contributed by atoms with E-state index in [1.807, 2.05) is 0 Å². The van der Waals surface area contributed by atoms with Gasteiger partial charge in [-0.3, -0.25) is 4.79 Å². The molecule has 1 amide bonds. The zero-order chi connectivity index (χ0) is 21.7. The number of amides is 1. The number of carbonyl (C=O) groups is 1. The van der Waals surface area contributed by atoms with E-state index in [4.69, 9.17) is 0 Å². The number of rotatable bonds is 4. The normalized spacial score (nSPS) is 26.9. The Hall–Kier alpha value is -1.81. The zero-order valence-electron chi connectivity index (χ0n) is 19.8. The SMILES string of the molecule is CCN(C(=O)[C@@H]1CC2c3cccc4c3c(cn4C(C)C)C[C@H]2N(C)C1)C1CCCCC1. The van der Waals surface area contributed by atoms with Crippen LogP contribution in [0.4, 0.5) is 0 Å². The van der Waals surface area contributed by atoms with Crippen molar-refractivity contribution >= 4 is 16.8 Å². The van der Waals surface area contributed by atoms with Gasteiger partial charge in [-0.05, 0) is 70.7 Å². The molecule has 1 saturated heterocycles. The molecule has 2 heterocycles. The van der Waals surface area contributed by atoms with Crippen LogP contribution in [0.25, 0.3) is 10.9 Å². The number of likely N-dealkylation sites (tertiary alicyclic amines) is 1. The third-order valence-corrected chi connectivity index (χ3v) is 8.42. The van der Waals surface area contributed by atoms with Gasteiger partial charge in [-0.1, -0.05) is 31.4 Å². The first-order valence-electron chi connectivity index (χ1n) is 12.6. The lowest BCUT2D eigenvalue weighted by molar-refractivity contribution is -0.141. The Labute approximate surface area is 187 Å². The fraction of sp³-hybridized carbons (Fsp3) is 0.667. The number of benzene rings is 1. The average molecular weight is 422 g/mol. The summed E-state index contributed by atoms with van der Waals surface area (Å²) in [5, 5.41) is 1.47. The Balaban J connectivity index is 1.46. The second-order valence-electron chi connectivity index (χ2n) is 10.6. The first-order chi connectivity index (χ1) is 15.0. The third-order valence-electron chi connectivity index (χ3n) is 8.42. The van der Waals surface area contributed by atoms with E-state index in [-0.39, 0.29) is 5.92 Å². The van der Waals surface area contributed by atoms with Gasteiger partial charge in [0.15, 0.2) is 0 Å². The van der Waals surface area contributed by atoms with Crippen LogP contribution in [-0.2, 0) is 11.2 Å². The summed E-state index contributed by atoms with van der Waals surface area (Å²) in [6.07, 6.45) is 10.8. The highest BCUT2D eigenvalue weighted by molar-refractivity contribution is 5.89. The lowest BCUT2D eigenvalue weighted by atomic mass is 9.72. The first kappa shape index (κ1) is 21.1. The van der Waals surface area contributed by atoms with Crippen molar-refractivity contribution < 1.29 is 4.79 Å². The Bertz CT molecular complexity index is 955. The molecule has 1 saturated carbocycles. The highest BCUT2D eigenvalue weighted by Crippen LogP contribution is 2.45. The Kier molecular flexibility index (Phi) is 5.62. The van der Waals surface area contributed by atoms with Crippen molar-refractivity contribution in [3.8, 4) is 0 Å². The van der Waals surface area contributed by atoms with Crippen LogP contribution in [0.15, 0.2) is 24.4 Å². The van der Waals surface area contributed by atoms with Crippen molar-refractivity contribution in [2.75, 3.05) is 20.1 Å². The van der Waals surface area contributed by atoms with Crippen LogP contribution in [-0.4, -0.2) is 52.5 Å². The third kappa shape index (κ3) is 3.51. The van der Waals surface area contributed by atoms with E-state index in [1.54, 1.807) is 0 Å². The second-order valence-corrected chi connectivity index (χ2v) is 10.6. The first-order valence-corrected chi connectivity index (χ1v) is 12.6. The lowest BCUT2D eigenvalue weighted by Crippen LogP contribution is -2.53. The molecule has 1 aliphatic heterocycles. The summed E-state index contributed by atoms with van der Waals surface area (Å²) in [6, 6.07) is 8.29. The van der Waals surface area contributed by atoms with Gasteiger partial charge < -0.3 is 14.4 Å². The molecule has 168 valence electrons.